The van der Waals surface area contributed by atoms with Gasteiger partial charge in [0.15, 0.2) is 0 Å². The van der Waals surface area contributed by atoms with Crippen LogP contribution in [0.5, 0.6) is 0 Å². The molecule has 0 aromatic heterocycles. The van der Waals surface area contributed by atoms with Crippen LogP contribution in [0.1, 0.15) is 58.8 Å². The number of thioether (sulfide) groups is 1. The summed E-state index contributed by atoms with van der Waals surface area (Å²) in [5, 5.41) is 16.9. The zero-order valence-corrected chi connectivity index (χ0v) is 14.2. The van der Waals surface area contributed by atoms with Gasteiger partial charge in [0.05, 0.1) is 6.10 Å². The molecule has 5 heteroatoms. The quantitative estimate of drug-likeness (QED) is 0.731. The molecule has 2 aliphatic carbocycles. The van der Waals surface area contributed by atoms with Crippen molar-refractivity contribution in [2.75, 3.05) is 12.3 Å². The maximum absolute atomic E-state index is 12.0. The Morgan fingerprint density at radius 1 is 1.33 bits per heavy atom. The second kappa shape index (κ2) is 7.73. The van der Waals surface area contributed by atoms with Gasteiger partial charge >= 0.3 is 6.03 Å². The molecule has 0 aliphatic heterocycles. The molecular formula is C16H30N2O2S. The number of carbonyl (C=O) groups is 1. The van der Waals surface area contributed by atoms with E-state index in [2.05, 4.69) is 24.5 Å². The third kappa shape index (κ3) is 4.78. The summed E-state index contributed by atoms with van der Waals surface area (Å²) in [6.45, 7) is 4.84. The first-order chi connectivity index (χ1) is 10.0. The van der Waals surface area contributed by atoms with E-state index in [-0.39, 0.29) is 17.6 Å². The molecule has 0 spiro atoms. The van der Waals surface area contributed by atoms with E-state index in [9.17, 15) is 9.90 Å². The van der Waals surface area contributed by atoms with E-state index in [1.807, 2.05) is 11.8 Å². The highest BCUT2D eigenvalue weighted by atomic mass is 32.2. The van der Waals surface area contributed by atoms with Crippen molar-refractivity contribution in [3.8, 4) is 0 Å². The third-order valence-electron chi connectivity index (χ3n) is 5.05. The molecule has 4 atom stereocenters. The lowest BCUT2D eigenvalue weighted by molar-refractivity contribution is 0.00305. The van der Waals surface area contributed by atoms with Gasteiger partial charge in [-0.3, -0.25) is 0 Å². The largest absolute Gasteiger partial charge is 0.392 e. The molecule has 21 heavy (non-hydrogen) atoms. The Bertz CT molecular complexity index is 353. The summed E-state index contributed by atoms with van der Waals surface area (Å²) in [7, 11) is 0. The highest BCUT2D eigenvalue weighted by Crippen LogP contribution is 2.35. The van der Waals surface area contributed by atoms with Crippen molar-refractivity contribution in [1.29, 1.82) is 0 Å². The van der Waals surface area contributed by atoms with Crippen molar-refractivity contribution in [2.45, 2.75) is 76.2 Å². The Morgan fingerprint density at radius 2 is 2.14 bits per heavy atom. The Kier molecular flexibility index (Phi) is 6.23. The van der Waals surface area contributed by atoms with Crippen LogP contribution in [0.2, 0.25) is 0 Å². The lowest BCUT2D eigenvalue weighted by Gasteiger charge is -2.38. The van der Waals surface area contributed by atoms with Crippen LogP contribution in [0.25, 0.3) is 0 Å². The number of urea groups is 1. The first-order valence-electron chi connectivity index (χ1n) is 8.37. The van der Waals surface area contributed by atoms with E-state index in [4.69, 9.17) is 0 Å². The minimum absolute atomic E-state index is 0.0684. The van der Waals surface area contributed by atoms with Crippen LogP contribution in [0.3, 0.4) is 0 Å². The molecule has 0 radical (unpaired) electrons. The summed E-state index contributed by atoms with van der Waals surface area (Å²) >= 11 is 2.00. The molecule has 2 rings (SSSR count). The molecular weight excluding hydrogens is 284 g/mol. The molecule has 3 N–H and O–H groups in total. The first kappa shape index (κ1) is 16.9. The smallest absolute Gasteiger partial charge is 0.315 e. The molecule has 0 bridgehead atoms. The number of amides is 2. The van der Waals surface area contributed by atoms with Crippen molar-refractivity contribution in [3.05, 3.63) is 0 Å². The summed E-state index contributed by atoms with van der Waals surface area (Å²) in [5.74, 6) is 1.15. The molecule has 2 aliphatic rings. The lowest BCUT2D eigenvalue weighted by Crippen LogP contribution is -2.49. The van der Waals surface area contributed by atoms with Gasteiger partial charge in [-0.15, -0.1) is 0 Å². The summed E-state index contributed by atoms with van der Waals surface area (Å²) in [6.07, 6.45) is 7.20. The van der Waals surface area contributed by atoms with E-state index in [1.54, 1.807) is 0 Å². The van der Waals surface area contributed by atoms with Crippen LogP contribution in [-0.2, 0) is 0 Å². The highest BCUT2D eigenvalue weighted by molar-refractivity contribution is 7.99. The fourth-order valence-electron chi connectivity index (χ4n) is 3.56. The fourth-order valence-corrected chi connectivity index (χ4v) is 4.71. The van der Waals surface area contributed by atoms with Crippen LogP contribution < -0.4 is 10.6 Å². The molecule has 122 valence electrons. The maximum Gasteiger partial charge on any atom is 0.315 e. The molecule has 0 aromatic rings. The Balaban J connectivity index is 1.70. The van der Waals surface area contributed by atoms with Crippen molar-refractivity contribution in [1.82, 2.24) is 10.6 Å². The van der Waals surface area contributed by atoms with Gasteiger partial charge in [-0.05, 0) is 37.9 Å². The monoisotopic (exact) mass is 314 g/mol. The van der Waals surface area contributed by atoms with E-state index >= 15 is 0 Å². The van der Waals surface area contributed by atoms with Gasteiger partial charge in [0.1, 0.15) is 0 Å². The minimum Gasteiger partial charge on any atom is -0.392 e. The molecule has 2 amide bonds. The van der Waals surface area contributed by atoms with E-state index < -0.39 is 0 Å². The number of nitrogens with one attached hydrogen (secondary N) is 2. The maximum atomic E-state index is 12.0. The first-order valence-corrected chi connectivity index (χ1v) is 9.42. The molecule has 0 aromatic carbocycles. The van der Waals surface area contributed by atoms with Crippen molar-refractivity contribution >= 4 is 17.8 Å². The number of aliphatic hydroxyl groups excluding tert-OH is 1. The molecule has 4 nitrogen and oxygen atoms in total. The van der Waals surface area contributed by atoms with Crippen molar-refractivity contribution in [2.24, 2.45) is 5.41 Å². The van der Waals surface area contributed by atoms with Gasteiger partial charge in [-0.1, -0.05) is 26.7 Å². The second-order valence-electron chi connectivity index (χ2n) is 6.83. The van der Waals surface area contributed by atoms with Crippen LogP contribution in [-0.4, -0.2) is 40.8 Å². The average Bonchev–Trinajstić information content (AvgIpc) is 2.88. The SMILES string of the molecule is CCSC1CCC(NC(=O)NCC2(C)CCCCC2O)C1. The predicted molar refractivity (Wildman–Crippen MR) is 88.7 cm³/mol. The molecule has 2 saturated carbocycles. The summed E-state index contributed by atoms with van der Waals surface area (Å²) in [6, 6.07) is 0.249. The predicted octanol–water partition coefficient (Wildman–Crippen LogP) is 2.90. The molecule has 0 heterocycles. The van der Waals surface area contributed by atoms with Crippen LogP contribution in [0, 0.1) is 5.41 Å². The highest BCUT2D eigenvalue weighted by Gasteiger charge is 2.35. The minimum atomic E-state index is -0.289. The van der Waals surface area contributed by atoms with E-state index in [0.29, 0.717) is 17.8 Å². The number of hydrogen-bond acceptors (Lipinski definition) is 3. The van der Waals surface area contributed by atoms with Crippen molar-refractivity contribution in [3.63, 3.8) is 0 Å². The molecule has 2 fully saturated rings. The average molecular weight is 314 g/mol. The Labute approximate surface area is 132 Å². The fraction of sp³-hybridized carbons (Fsp3) is 0.938. The summed E-state index contributed by atoms with van der Waals surface area (Å²) in [5.41, 5.74) is -0.161. The zero-order chi connectivity index (χ0) is 15.3. The number of carbonyl (C=O) groups excluding carboxylic acids is 1. The topological polar surface area (TPSA) is 61.4 Å². The number of hydrogen-bond donors (Lipinski definition) is 3. The third-order valence-corrected chi connectivity index (χ3v) is 6.29. The summed E-state index contributed by atoms with van der Waals surface area (Å²) < 4.78 is 0. The van der Waals surface area contributed by atoms with Gasteiger partial charge in [0, 0.05) is 23.3 Å². The molecule has 0 saturated heterocycles. The van der Waals surface area contributed by atoms with Gasteiger partial charge in [-0.25, -0.2) is 4.79 Å². The van der Waals surface area contributed by atoms with Crippen LogP contribution in [0.15, 0.2) is 0 Å². The normalized spacial score (nSPS) is 36.4. The van der Waals surface area contributed by atoms with E-state index in [0.717, 1.165) is 44.3 Å². The van der Waals surface area contributed by atoms with Gasteiger partial charge in [0.25, 0.3) is 0 Å². The second-order valence-corrected chi connectivity index (χ2v) is 8.41. The van der Waals surface area contributed by atoms with Crippen LogP contribution in [0.4, 0.5) is 4.79 Å². The number of rotatable bonds is 5. The van der Waals surface area contributed by atoms with Gasteiger partial charge in [-0.2, -0.15) is 11.8 Å². The van der Waals surface area contributed by atoms with Crippen LogP contribution >= 0.6 is 11.8 Å². The number of aliphatic hydroxyl groups is 1. The van der Waals surface area contributed by atoms with Crippen molar-refractivity contribution < 1.29 is 9.90 Å². The summed E-state index contributed by atoms with van der Waals surface area (Å²) in [4.78, 5) is 12.0. The lowest BCUT2D eigenvalue weighted by atomic mass is 9.73. The zero-order valence-electron chi connectivity index (χ0n) is 13.4. The Hall–Kier alpha value is -0.420. The molecule has 4 unspecified atom stereocenters. The van der Waals surface area contributed by atoms with Gasteiger partial charge in [0.2, 0.25) is 0 Å². The van der Waals surface area contributed by atoms with Gasteiger partial charge < -0.3 is 15.7 Å². The Morgan fingerprint density at radius 3 is 2.86 bits per heavy atom. The van der Waals surface area contributed by atoms with E-state index in [1.165, 1.54) is 6.42 Å². The standard InChI is InChI=1S/C16H30N2O2S/c1-3-21-13-8-7-12(10-13)18-15(20)17-11-16(2)9-5-4-6-14(16)19/h12-14,19H,3-11H2,1-2H3,(H2,17,18,20).